The van der Waals surface area contributed by atoms with Crippen LogP contribution in [0.3, 0.4) is 0 Å². The molecule has 0 aliphatic heterocycles. The van der Waals surface area contributed by atoms with E-state index in [1.807, 2.05) is 0 Å². The molecular formula is C21H18Cl2N2O4S. The number of carbonyl (C=O) groups excluding carboxylic acids is 1. The summed E-state index contributed by atoms with van der Waals surface area (Å²) < 4.78 is 28.4. The highest BCUT2D eigenvalue weighted by atomic mass is 35.5. The minimum absolute atomic E-state index is 0.157. The SMILES string of the molecule is NS(=O)(=O)Cc1cccc(NC(=O)c2ccccc2OCc2ccc(Cl)cc2Cl)c1. The van der Waals surface area contributed by atoms with Gasteiger partial charge >= 0.3 is 0 Å². The highest BCUT2D eigenvalue weighted by Gasteiger charge is 2.14. The smallest absolute Gasteiger partial charge is 0.259 e. The molecule has 0 radical (unpaired) electrons. The molecule has 0 atom stereocenters. The molecule has 3 aromatic carbocycles. The zero-order valence-corrected chi connectivity index (χ0v) is 18.0. The number of para-hydroxylation sites is 1. The second kappa shape index (κ2) is 9.49. The first kappa shape index (κ1) is 22.1. The third-order valence-electron chi connectivity index (χ3n) is 4.08. The van der Waals surface area contributed by atoms with Gasteiger partial charge in [0.25, 0.3) is 5.91 Å². The van der Waals surface area contributed by atoms with Crippen molar-refractivity contribution >= 4 is 44.8 Å². The van der Waals surface area contributed by atoms with Crippen LogP contribution in [-0.2, 0) is 22.4 Å². The molecule has 156 valence electrons. The van der Waals surface area contributed by atoms with Crippen molar-refractivity contribution in [2.45, 2.75) is 12.4 Å². The predicted molar refractivity (Wildman–Crippen MR) is 118 cm³/mol. The second-order valence-corrected chi connectivity index (χ2v) is 8.94. The Hall–Kier alpha value is -2.58. The largest absolute Gasteiger partial charge is 0.488 e. The van der Waals surface area contributed by atoms with Crippen LogP contribution in [0.2, 0.25) is 10.0 Å². The molecule has 0 aromatic heterocycles. The van der Waals surface area contributed by atoms with Gasteiger partial charge in [0.05, 0.1) is 11.3 Å². The number of sulfonamides is 1. The van der Waals surface area contributed by atoms with Gasteiger partial charge in [-0.3, -0.25) is 4.79 Å². The number of nitrogens with one attached hydrogen (secondary N) is 1. The van der Waals surface area contributed by atoms with E-state index in [0.29, 0.717) is 32.6 Å². The normalized spacial score (nSPS) is 11.2. The summed E-state index contributed by atoms with van der Waals surface area (Å²) in [6.07, 6.45) is 0. The van der Waals surface area contributed by atoms with Crippen LogP contribution in [0.5, 0.6) is 5.75 Å². The average molecular weight is 465 g/mol. The number of ether oxygens (including phenoxy) is 1. The van der Waals surface area contributed by atoms with Crippen molar-refractivity contribution in [1.82, 2.24) is 0 Å². The topological polar surface area (TPSA) is 98.5 Å². The predicted octanol–water partition coefficient (Wildman–Crippen LogP) is 4.61. The highest BCUT2D eigenvalue weighted by molar-refractivity contribution is 7.88. The Balaban J connectivity index is 1.75. The van der Waals surface area contributed by atoms with Crippen molar-refractivity contribution in [3.05, 3.63) is 93.5 Å². The van der Waals surface area contributed by atoms with Gasteiger partial charge in [0.15, 0.2) is 0 Å². The number of amides is 1. The summed E-state index contributed by atoms with van der Waals surface area (Å²) in [5.41, 5.74) is 1.96. The fourth-order valence-corrected chi connectivity index (χ4v) is 3.85. The summed E-state index contributed by atoms with van der Waals surface area (Å²) >= 11 is 12.1. The average Bonchev–Trinajstić information content (AvgIpc) is 2.66. The van der Waals surface area contributed by atoms with E-state index in [1.54, 1.807) is 66.7 Å². The zero-order chi connectivity index (χ0) is 21.7. The van der Waals surface area contributed by atoms with E-state index < -0.39 is 15.9 Å². The monoisotopic (exact) mass is 464 g/mol. The third-order valence-corrected chi connectivity index (χ3v) is 5.41. The van der Waals surface area contributed by atoms with Crippen molar-refractivity contribution in [3.63, 3.8) is 0 Å². The van der Waals surface area contributed by atoms with Gasteiger partial charge in [-0.25, -0.2) is 13.6 Å². The molecule has 0 heterocycles. The Bertz CT molecular complexity index is 1180. The van der Waals surface area contributed by atoms with E-state index in [0.717, 1.165) is 5.56 Å². The van der Waals surface area contributed by atoms with E-state index in [4.69, 9.17) is 33.1 Å². The lowest BCUT2D eigenvalue weighted by Crippen LogP contribution is -2.16. The van der Waals surface area contributed by atoms with Crippen LogP contribution in [0.1, 0.15) is 21.5 Å². The van der Waals surface area contributed by atoms with Crippen molar-refractivity contribution in [2.75, 3.05) is 5.32 Å². The van der Waals surface area contributed by atoms with Gasteiger partial charge < -0.3 is 10.1 Å². The molecule has 3 N–H and O–H groups in total. The first-order valence-electron chi connectivity index (χ1n) is 8.78. The van der Waals surface area contributed by atoms with E-state index >= 15 is 0 Å². The van der Waals surface area contributed by atoms with Crippen molar-refractivity contribution in [3.8, 4) is 5.75 Å². The molecule has 0 saturated heterocycles. The number of carbonyl (C=O) groups is 1. The Morgan fingerprint density at radius 2 is 1.77 bits per heavy atom. The number of nitrogens with two attached hydrogens (primary N) is 1. The summed E-state index contributed by atoms with van der Waals surface area (Å²) in [6, 6.07) is 18.3. The quantitative estimate of drug-likeness (QED) is 0.532. The third kappa shape index (κ3) is 6.21. The van der Waals surface area contributed by atoms with E-state index in [9.17, 15) is 13.2 Å². The Labute approximate surface area is 184 Å². The maximum absolute atomic E-state index is 12.8. The Kier molecular flexibility index (Phi) is 6.99. The maximum Gasteiger partial charge on any atom is 0.259 e. The minimum atomic E-state index is -3.67. The van der Waals surface area contributed by atoms with Gasteiger partial charge in [0.2, 0.25) is 10.0 Å². The van der Waals surface area contributed by atoms with Gasteiger partial charge in [0.1, 0.15) is 12.4 Å². The molecule has 30 heavy (non-hydrogen) atoms. The molecule has 6 nitrogen and oxygen atoms in total. The van der Waals surface area contributed by atoms with E-state index in [2.05, 4.69) is 5.32 Å². The first-order chi connectivity index (χ1) is 14.2. The molecule has 0 aliphatic carbocycles. The van der Waals surface area contributed by atoms with Gasteiger partial charge in [-0.1, -0.05) is 53.5 Å². The van der Waals surface area contributed by atoms with E-state index in [1.165, 1.54) is 0 Å². The molecule has 0 aliphatic rings. The summed E-state index contributed by atoms with van der Waals surface area (Å²) in [7, 11) is -3.67. The van der Waals surface area contributed by atoms with Crippen LogP contribution in [-0.4, -0.2) is 14.3 Å². The standard InChI is InChI=1S/C21H18Cl2N2O4S/c22-16-9-8-15(19(23)11-16)12-29-20-7-2-1-6-18(20)21(26)25-17-5-3-4-14(10-17)13-30(24,27)28/h1-11H,12-13H2,(H,25,26)(H2,24,27,28). The van der Waals surface area contributed by atoms with Crippen LogP contribution in [0.25, 0.3) is 0 Å². The molecule has 0 saturated carbocycles. The molecule has 1 amide bonds. The van der Waals surface area contributed by atoms with Gasteiger partial charge in [-0.05, 0) is 42.0 Å². The van der Waals surface area contributed by atoms with Gasteiger partial charge in [-0.15, -0.1) is 0 Å². The highest BCUT2D eigenvalue weighted by Crippen LogP contribution is 2.25. The summed E-state index contributed by atoms with van der Waals surface area (Å²) in [6.45, 7) is 0.157. The summed E-state index contributed by atoms with van der Waals surface area (Å²) in [5.74, 6) is -0.347. The zero-order valence-electron chi connectivity index (χ0n) is 15.6. The number of rotatable bonds is 7. The Morgan fingerprint density at radius 1 is 1.00 bits per heavy atom. The molecule has 0 fully saturated rings. The van der Waals surface area contributed by atoms with Crippen LogP contribution in [0, 0.1) is 0 Å². The number of hydrogen-bond acceptors (Lipinski definition) is 4. The molecule has 0 spiro atoms. The number of halogens is 2. The maximum atomic E-state index is 12.8. The lowest BCUT2D eigenvalue weighted by Gasteiger charge is -2.13. The second-order valence-electron chi connectivity index (χ2n) is 6.48. The molecule has 9 heteroatoms. The first-order valence-corrected chi connectivity index (χ1v) is 11.2. The van der Waals surface area contributed by atoms with Gasteiger partial charge in [0, 0.05) is 21.3 Å². The summed E-state index contributed by atoms with van der Waals surface area (Å²) in [5, 5.41) is 8.82. The lowest BCUT2D eigenvalue weighted by molar-refractivity contribution is 0.102. The van der Waals surface area contributed by atoms with Crippen LogP contribution in [0.15, 0.2) is 66.7 Å². The lowest BCUT2D eigenvalue weighted by atomic mass is 10.1. The van der Waals surface area contributed by atoms with E-state index in [-0.39, 0.29) is 12.4 Å². The number of primary sulfonamides is 1. The molecule has 0 bridgehead atoms. The fourth-order valence-electron chi connectivity index (χ4n) is 2.74. The van der Waals surface area contributed by atoms with Crippen LogP contribution >= 0.6 is 23.2 Å². The molecular weight excluding hydrogens is 447 g/mol. The molecule has 3 aromatic rings. The number of anilines is 1. The van der Waals surface area contributed by atoms with Crippen molar-refractivity contribution in [1.29, 1.82) is 0 Å². The van der Waals surface area contributed by atoms with Crippen LogP contribution < -0.4 is 15.2 Å². The number of benzene rings is 3. The summed E-state index contributed by atoms with van der Waals surface area (Å²) in [4.78, 5) is 12.8. The van der Waals surface area contributed by atoms with Gasteiger partial charge in [-0.2, -0.15) is 0 Å². The Morgan fingerprint density at radius 3 is 2.50 bits per heavy atom. The molecule has 0 unspecified atom stereocenters. The fraction of sp³-hybridized carbons (Fsp3) is 0.0952. The van der Waals surface area contributed by atoms with Crippen LogP contribution in [0.4, 0.5) is 5.69 Å². The minimum Gasteiger partial charge on any atom is -0.488 e. The van der Waals surface area contributed by atoms with Crippen molar-refractivity contribution in [2.24, 2.45) is 5.14 Å². The van der Waals surface area contributed by atoms with Crippen molar-refractivity contribution < 1.29 is 17.9 Å². The molecule has 3 rings (SSSR count). The number of hydrogen-bond donors (Lipinski definition) is 2.